The molecule has 15 heavy (non-hydrogen) atoms. The lowest BCUT2D eigenvalue weighted by Crippen LogP contribution is -2.31. The van der Waals surface area contributed by atoms with E-state index in [1.54, 1.807) is 0 Å². The van der Waals surface area contributed by atoms with Crippen LogP contribution in [-0.2, 0) is 0 Å². The Kier molecular flexibility index (Phi) is 3.39. The number of nitrogens with one attached hydrogen (secondary N) is 1. The van der Waals surface area contributed by atoms with Gasteiger partial charge in [0.05, 0.1) is 6.61 Å². The summed E-state index contributed by atoms with van der Waals surface area (Å²) in [6.07, 6.45) is 1.29. The fourth-order valence-electron chi connectivity index (χ4n) is 2.00. The molecule has 82 valence electrons. The van der Waals surface area contributed by atoms with E-state index in [1.165, 1.54) is 12.0 Å². The molecule has 0 bridgehead atoms. The number of rotatable bonds is 5. The van der Waals surface area contributed by atoms with Gasteiger partial charge in [-0.2, -0.15) is 0 Å². The van der Waals surface area contributed by atoms with Crippen LogP contribution in [0.15, 0.2) is 30.3 Å². The van der Waals surface area contributed by atoms with E-state index in [0.29, 0.717) is 0 Å². The van der Waals surface area contributed by atoms with Crippen LogP contribution in [0.3, 0.4) is 0 Å². The monoisotopic (exact) mass is 205 g/mol. The largest absolute Gasteiger partial charge is 0.395 e. The standard InChI is InChI=1S/C13H19NO/c1-10(9-15)14-8-12-7-13(12)11-5-3-2-4-6-11/h2-6,10,12-15H,7-9H2,1H3/t10-,12?,13?/m1/s1. The van der Waals surface area contributed by atoms with Crippen LogP contribution in [0, 0.1) is 5.92 Å². The van der Waals surface area contributed by atoms with E-state index in [9.17, 15) is 0 Å². The second-order valence-corrected chi connectivity index (χ2v) is 4.50. The minimum absolute atomic E-state index is 0.224. The molecular weight excluding hydrogens is 186 g/mol. The van der Waals surface area contributed by atoms with E-state index in [0.717, 1.165) is 18.4 Å². The average Bonchev–Trinajstić information content (AvgIpc) is 3.06. The van der Waals surface area contributed by atoms with E-state index in [-0.39, 0.29) is 12.6 Å². The molecule has 2 heteroatoms. The lowest BCUT2D eigenvalue weighted by atomic mass is 10.1. The third-order valence-electron chi connectivity index (χ3n) is 3.15. The second kappa shape index (κ2) is 4.77. The molecule has 2 rings (SSSR count). The molecule has 0 aromatic heterocycles. The molecule has 0 heterocycles. The van der Waals surface area contributed by atoms with Gasteiger partial charge >= 0.3 is 0 Å². The van der Waals surface area contributed by atoms with Gasteiger partial charge in [-0.05, 0) is 37.3 Å². The van der Waals surface area contributed by atoms with Gasteiger partial charge in [0.15, 0.2) is 0 Å². The van der Waals surface area contributed by atoms with Crippen molar-refractivity contribution in [2.45, 2.75) is 25.3 Å². The number of hydrogen-bond donors (Lipinski definition) is 2. The van der Waals surface area contributed by atoms with Gasteiger partial charge in [-0.3, -0.25) is 0 Å². The molecule has 1 aliphatic carbocycles. The molecule has 2 N–H and O–H groups in total. The summed E-state index contributed by atoms with van der Waals surface area (Å²) in [7, 11) is 0. The molecule has 1 aromatic carbocycles. The molecule has 0 saturated heterocycles. The predicted octanol–water partition coefficient (Wildman–Crippen LogP) is 1.76. The Morgan fingerprint density at radius 1 is 1.40 bits per heavy atom. The van der Waals surface area contributed by atoms with Gasteiger partial charge in [0.25, 0.3) is 0 Å². The van der Waals surface area contributed by atoms with Crippen LogP contribution in [0.25, 0.3) is 0 Å². The van der Waals surface area contributed by atoms with E-state index in [2.05, 4.69) is 35.6 Å². The zero-order valence-corrected chi connectivity index (χ0v) is 9.19. The highest BCUT2D eigenvalue weighted by Crippen LogP contribution is 2.46. The molecule has 3 atom stereocenters. The van der Waals surface area contributed by atoms with E-state index >= 15 is 0 Å². The van der Waals surface area contributed by atoms with Gasteiger partial charge in [0.1, 0.15) is 0 Å². The number of aliphatic hydroxyl groups is 1. The van der Waals surface area contributed by atoms with E-state index < -0.39 is 0 Å². The van der Waals surface area contributed by atoms with Crippen molar-refractivity contribution in [3.8, 4) is 0 Å². The van der Waals surface area contributed by atoms with Crippen molar-refractivity contribution in [3.63, 3.8) is 0 Å². The maximum Gasteiger partial charge on any atom is 0.0581 e. The molecule has 2 nitrogen and oxygen atoms in total. The summed E-state index contributed by atoms with van der Waals surface area (Å²) < 4.78 is 0. The van der Waals surface area contributed by atoms with Crippen LogP contribution in [0.2, 0.25) is 0 Å². The fraction of sp³-hybridized carbons (Fsp3) is 0.538. The molecule has 1 aromatic rings. The molecule has 0 aliphatic heterocycles. The van der Waals surface area contributed by atoms with Crippen LogP contribution in [-0.4, -0.2) is 24.3 Å². The lowest BCUT2D eigenvalue weighted by molar-refractivity contribution is 0.250. The molecule has 0 spiro atoms. The summed E-state index contributed by atoms with van der Waals surface area (Å²) in [5.41, 5.74) is 1.46. The third kappa shape index (κ3) is 2.80. The average molecular weight is 205 g/mol. The molecule has 0 radical (unpaired) electrons. The van der Waals surface area contributed by atoms with Gasteiger partial charge in [-0.25, -0.2) is 0 Å². The summed E-state index contributed by atoms with van der Waals surface area (Å²) in [4.78, 5) is 0. The van der Waals surface area contributed by atoms with E-state index in [1.807, 2.05) is 6.92 Å². The van der Waals surface area contributed by atoms with Crippen molar-refractivity contribution in [1.29, 1.82) is 0 Å². The molecule has 1 fully saturated rings. The molecule has 1 aliphatic rings. The van der Waals surface area contributed by atoms with Crippen molar-refractivity contribution in [2.75, 3.05) is 13.2 Å². The highest BCUT2D eigenvalue weighted by molar-refractivity contribution is 5.25. The number of benzene rings is 1. The SMILES string of the molecule is C[C@H](CO)NCC1CC1c1ccccc1. The summed E-state index contributed by atoms with van der Waals surface area (Å²) >= 11 is 0. The zero-order valence-electron chi connectivity index (χ0n) is 9.19. The Labute approximate surface area is 91.3 Å². The normalized spacial score (nSPS) is 26.3. The van der Waals surface area contributed by atoms with Gasteiger partial charge in [0.2, 0.25) is 0 Å². The Hall–Kier alpha value is -0.860. The first-order chi connectivity index (χ1) is 7.31. The number of aliphatic hydroxyl groups excluding tert-OH is 1. The Morgan fingerprint density at radius 2 is 2.13 bits per heavy atom. The first-order valence-corrected chi connectivity index (χ1v) is 5.70. The molecule has 2 unspecified atom stereocenters. The lowest BCUT2D eigenvalue weighted by Gasteiger charge is -2.09. The molecule has 1 saturated carbocycles. The van der Waals surface area contributed by atoms with Gasteiger partial charge in [-0.1, -0.05) is 30.3 Å². The molecule has 0 amide bonds. The summed E-state index contributed by atoms with van der Waals surface area (Å²) in [5.74, 6) is 1.51. The number of hydrogen-bond acceptors (Lipinski definition) is 2. The van der Waals surface area contributed by atoms with Crippen LogP contribution in [0.4, 0.5) is 0 Å². The molecular formula is C13H19NO. The second-order valence-electron chi connectivity index (χ2n) is 4.50. The Balaban J connectivity index is 1.77. The highest BCUT2D eigenvalue weighted by Gasteiger charge is 2.37. The first-order valence-electron chi connectivity index (χ1n) is 5.70. The van der Waals surface area contributed by atoms with Gasteiger partial charge < -0.3 is 10.4 Å². The maximum absolute atomic E-state index is 8.89. The van der Waals surface area contributed by atoms with Crippen LogP contribution < -0.4 is 5.32 Å². The van der Waals surface area contributed by atoms with Crippen molar-refractivity contribution in [2.24, 2.45) is 5.92 Å². The first kappa shape index (κ1) is 10.7. The topological polar surface area (TPSA) is 32.3 Å². The highest BCUT2D eigenvalue weighted by atomic mass is 16.3. The van der Waals surface area contributed by atoms with Crippen LogP contribution >= 0.6 is 0 Å². The third-order valence-corrected chi connectivity index (χ3v) is 3.15. The van der Waals surface area contributed by atoms with Crippen molar-refractivity contribution >= 4 is 0 Å². The van der Waals surface area contributed by atoms with Gasteiger partial charge in [-0.15, -0.1) is 0 Å². The minimum Gasteiger partial charge on any atom is -0.395 e. The summed E-state index contributed by atoms with van der Waals surface area (Å²) in [6.45, 7) is 3.27. The van der Waals surface area contributed by atoms with Crippen LogP contribution in [0.5, 0.6) is 0 Å². The van der Waals surface area contributed by atoms with Crippen molar-refractivity contribution in [1.82, 2.24) is 5.32 Å². The van der Waals surface area contributed by atoms with Crippen molar-refractivity contribution in [3.05, 3.63) is 35.9 Å². The summed E-state index contributed by atoms with van der Waals surface area (Å²) in [5, 5.41) is 12.2. The zero-order chi connectivity index (χ0) is 10.7. The minimum atomic E-state index is 0.224. The predicted molar refractivity (Wildman–Crippen MR) is 61.8 cm³/mol. The smallest absolute Gasteiger partial charge is 0.0581 e. The maximum atomic E-state index is 8.89. The fourth-order valence-corrected chi connectivity index (χ4v) is 2.00. The van der Waals surface area contributed by atoms with E-state index in [4.69, 9.17) is 5.11 Å². The van der Waals surface area contributed by atoms with Crippen LogP contribution in [0.1, 0.15) is 24.8 Å². The van der Waals surface area contributed by atoms with Crippen molar-refractivity contribution < 1.29 is 5.11 Å². The quantitative estimate of drug-likeness (QED) is 0.767. The Morgan fingerprint density at radius 3 is 2.80 bits per heavy atom. The van der Waals surface area contributed by atoms with Gasteiger partial charge in [0, 0.05) is 6.04 Å². The Bertz CT molecular complexity index is 299. The summed E-state index contributed by atoms with van der Waals surface area (Å²) in [6, 6.07) is 10.9.